The van der Waals surface area contributed by atoms with Crippen LogP contribution in [0.5, 0.6) is 0 Å². The second-order valence-electron chi connectivity index (χ2n) is 7.72. The van der Waals surface area contributed by atoms with Gasteiger partial charge in [0, 0.05) is 6.08 Å². The Morgan fingerprint density at radius 2 is 1.40 bits per heavy atom. The molecule has 0 heterocycles. The van der Waals surface area contributed by atoms with Crippen molar-refractivity contribution < 1.29 is 17.5 Å². The van der Waals surface area contributed by atoms with Crippen LogP contribution in [0.4, 0.5) is 0 Å². The molecule has 30 heavy (non-hydrogen) atoms. The molecule has 1 aromatic rings. The molecular formula is C23H37NO5S. The molecule has 7 heteroatoms. The van der Waals surface area contributed by atoms with Gasteiger partial charge >= 0.3 is 0 Å². The Morgan fingerprint density at radius 3 is 1.90 bits per heavy atom. The molecule has 6 nitrogen and oxygen atoms in total. The fourth-order valence-corrected chi connectivity index (χ4v) is 4.19. The van der Waals surface area contributed by atoms with Gasteiger partial charge in [-0.2, -0.15) is 8.42 Å². The Hall–Kier alpha value is -1.73. The Balaban J connectivity index is 2.17. The fourth-order valence-electron chi connectivity index (χ4n) is 3.22. The van der Waals surface area contributed by atoms with Gasteiger partial charge in [0.1, 0.15) is 0 Å². The zero-order valence-electron chi connectivity index (χ0n) is 18.3. The second-order valence-corrected chi connectivity index (χ2v) is 9.48. The van der Waals surface area contributed by atoms with E-state index in [1.54, 1.807) is 30.3 Å². The predicted octanol–water partition coefficient (Wildman–Crippen LogP) is 6.35. The average Bonchev–Trinajstić information content (AvgIpc) is 2.72. The first-order valence-electron chi connectivity index (χ1n) is 11.2. The molecule has 1 rings (SSSR count). The van der Waals surface area contributed by atoms with E-state index in [-0.39, 0.29) is 11.4 Å². The van der Waals surface area contributed by atoms with Gasteiger partial charge in [0.15, 0.2) is 6.61 Å². The normalized spacial score (nSPS) is 12.2. The van der Waals surface area contributed by atoms with E-state index < -0.39 is 21.6 Å². The van der Waals surface area contributed by atoms with Gasteiger partial charge in [-0.05, 0) is 12.0 Å². The summed E-state index contributed by atoms with van der Waals surface area (Å²) in [4.78, 5) is 10.6. The highest BCUT2D eigenvalue weighted by Gasteiger charge is 2.18. The minimum atomic E-state index is -3.76. The SMILES string of the molecule is CCCCCCCCCCCCCCS(=O)(=O)OCC(=Cc1ccccc1)[N+](=O)[O-]. The van der Waals surface area contributed by atoms with Crippen LogP contribution in [-0.4, -0.2) is 25.7 Å². The minimum absolute atomic E-state index is 0.0965. The number of unbranched alkanes of at least 4 members (excludes halogenated alkanes) is 11. The van der Waals surface area contributed by atoms with Gasteiger partial charge in [-0.25, -0.2) is 0 Å². The summed E-state index contributed by atoms with van der Waals surface area (Å²) in [7, 11) is -3.76. The van der Waals surface area contributed by atoms with Crippen LogP contribution in [-0.2, 0) is 14.3 Å². The zero-order valence-corrected chi connectivity index (χ0v) is 19.1. The Kier molecular flexibility index (Phi) is 14.1. The second kappa shape index (κ2) is 16.0. The highest BCUT2D eigenvalue weighted by atomic mass is 32.2. The Morgan fingerprint density at radius 1 is 0.900 bits per heavy atom. The summed E-state index contributed by atoms with van der Waals surface area (Å²) in [5.41, 5.74) is 0.352. The monoisotopic (exact) mass is 439 g/mol. The molecule has 1 aromatic carbocycles. The third kappa shape index (κ3) is 13.5. The molecule has 0 spiro atoms. The van der Waals surface area contributed by atoms with Crippen LogP contribution in [0, 0.1) is 10.1 Å². The van der Waals surface area contributed by atoms with Gasteiger partial charge in [-0.1, -0.05) is 108 Å². The molecule has 0 saturated heterocycles. The number of hydrogen-bond acceptors (Lipinski definition) is 5. The van der Waals surface area contributed by atoms with Crippen LogP contribution in [0.15, 0.2) is 36.0 Å². The van der Waals surface area contributed by atoms with Gasteiger partial charge in [-0.3, -0.25) is 14.3 Å². The van der Waals surface area contributed by atoms with Crippen LogP contribution in [0.25, 0.3) is 6.08 Å². The summed E-state index contributed by atoms with van der Waals surface area (Å²) in [6.45, 7) is 1.67. The van der Waals surface area contributed by atoms with Crippen LogP contribution in [0.2, 0.25) is 0 Å². The van der Waals surface area contributed by atoms with Gasteiger partial charge in [0.2, 0.25) is 0 Å². The molecule has 0 fully saturated rings. The quantitative estimate of drug-likeness (QED) is 0.115. The van der Waals surface area contributed by atoms with Crippen molar-refractivity contribution in [1.82, 2.24) is 0 Å². The van der Waals surface area contributed by atoms with Crippen molar-refractivity contribution >= 4 is 16.2 Å². The zero-order chi connectivity index (χ0) is 22.1. The van der Waals surface area contributed by atoms with E-state index in [2.05, 4.69) is 6.92 Å². The largest absolute Gasteiger partial charge is 0.273 e. The van der Waals surface area contributed by atoms with Gasteiger partial charge in [0.05, 0.1) is 10.7 Å². The summed E-state index contributed by atoms with van der Waals surface area (Å²) < 4.78 is 28.9. The lowest BCUT2D eigenvalue weighted by atomic mass is 10.1. The molecule has 0 N–H and O–H groups in total. The average molecular weight is 440 g/mol. The molecule has 0 aliphatic rings. The lowest BCUT2D eigenvalue weighted by Gasteiger charge is -2.05. The van der Waals surface area contributed by atoms with Crippen LogP contribution in [0.3, 0.4) is 0 Å². The van der Waals surface area contributed by atoms with E-state index >= 15 is 0 Å². The third-order valence-electron chi connectivity index (χ3n) is 5.00. The molecule has 0 aromatic heterocycles. The first kappa shape index (κ1) is 26.3. The van der Waals surface area contributed by atoms with Gasteiger partial charge in [0.25, 0.3) is 15.8 Å². The van der Waals surface area contributed by atoms with E-state index in [0.29, 0.717) is 12.0 Å². The highest BCUT2D eigenvalue weighted by Crippen LogP contribution is 2.13. The van der Waals surface area contributed by atoms with E-state index in [1.165, 1.54) is 57.4 Å². The number of nitrogens with zero attached hydrogens (tertiary/aromatic N) is 1. The predicted molar refractivity (Wildman–Crippen MR) is 122 cm³/mol. The molecule has 0 aliphatic carbocycles. The van der Waals surface area contributed by atoms with E-state index in [0.717, 1.165) is 19.3 Å². The molecule has 0 unspecified atom stereocenters. The summed E-state index contributed by atoms with van der Waals surface area (Å²) in [6, 6.07) is 8.75. The van der Waals surface area contributed by atoms with Gasteiger partial charge < -0.3 is 0 Å². The van der Waals surface area contributed by atoms with Crippen LogP contribution >= 0.6 is 0 Å². The Labute approximate surface area is 182 Å². The summed E-state index contributed by atoms with van der Waals surface area (Å²) in [5, 5.41) is 11.2. The van der Waals surface area contributed by atoms with Crippen molar-refractivity contribution in [3.8, 4) is 0 Å². The molecular weight excluding hydrogens is 402 g/mol. The van der Waals surface area contributed by atoms with E-state index in [4.69, 9.17) is 4.18 Å². The minimum Gasteiger partial charge on any atom is -0.259 e. The summed E-state index contributed by atoms with van der Waals surface area (Å²) >= 11 is 0. The lowest BCUT2D eigenvalue weighted by Crippen LogP contribution is -2.15. The Bertz CT molecular complexity index is 716. The molecule has 0 amide bonds. The van der Waals surface area contributed by atoms with E-state index in [9.17, 15) is 18.5 Å². The van der Waals surface area contributed by atoms with Crippen molar-refractivity contribution in [1.29, 1.82) is 0 Å². The van der Waals surface area contributed by atoms with Crippen molar-refractivity contribution in [3.05, 3.63) is 51.7 Å². The maximum absolute atomic E-state index is 12.0. The first-order valence-corrected chi connectivity index (χ1v) is 12.8. The molecule has 0 atom stereocenters. The van der Waals surface area contributed by atoms with Crippen molar-refractivity contribution in [2.45, 2.75) is 84.0 Å². The lowest BCUT2D eigenvalue weighted by molar-refractivity contribution is -0.427. The standard InChI is InChI=1S/C23H37NO5S/c1-2-3-4-5-6-7-8-9-10-11-12-16-19-30(27,28)29-21-23(24(25)26)20-22-17-14-13-15-18-22/h13-15,17-18,20H,2-12,16,19,21H2,1H3. The van der Waals surface area contributed by atoms with Crippen LogP contribution in [0.1, 0.15) is 89.5 Å². The molecule has 0 saturated carbocycles. The maximum atomic E-state index is 12.0. The molecule has 0 aliphatic heterocycles. The smallest absolute Gasteiger partial charge is 0.259 e. The third-order valence-corrected chi connectivity index (χ3v) is 6.27. The number of nitro groups is 1. The van der Waals surface area contributed by atoms with E-state index in [1.807, 2.05) is 0 Å². The molecule has 0 radical (unpaired) electrons. The van der Waals surface area contributed by atoms with Crippen LogP contribution < -0.4 is 0 Å². The highest BCUT2D eigenvalue weighted by molar-refractivity contribution is 7.86. The first-order chi connectivity index (χ1) is 14.4. The van der Waals surface area contributed by atoms with Crippen molar-refractivity contribution in [2.75, 3.05) is 12.4 Å². The number of rotatable bonds is 18. The topological polar surface area (TPSA) is 86.5 Å². The van der Waals surface area contributed by atoms with Crippen molar-refractivity contribution in [3.63, 3.8) is 0 Å². The number of hydrogen-bond donors (Lipinski definition) is 0. The van der Waals surface area contributed by atoms with Gasteiger partial charge in [-0.15, -0.1) is 0 Å². The summed E-state index contributed by atoms with van der Waals surface area (Å²) in [6.07, 6.45) is 15.2. The summed E-state index contributed by atoms with van der Waals surface area (Å²) in [5.74, 6) is -0.0965. The molecule has 170 valence electrons. The maximum Gasteiger partial charge on any atom is 0.273 e. The number of benzene rings is 1. The van der Waals surface area contributed by atoms with Crippen molar-refractivity contribution in [2.24, 2.45) is 0 Å². The molecule has 0 bridgehead atoms. The fraction of sp³-hybridized carbons (Fsp3) is 0.652.